The van der Waals surface area contributed by atoms with Crippen molar-refractivity contribution in [3.05, 3.63) is 18.5 Å². The van der Waals surface area contributed by atoms with Crippen molar-refractivity contribution in [3.63, 3.8) is 0 Å². The molecule has 148 valence electrons. The van der Waals surface area contributed by atoms with Gasteiger partial charge in [0, 0.05) is 76.6 Å². The minimum absolute atomic E-state index is 0.0761. The summed E-state index contributed by atoms with van der Waals surface area (Å²) >= 11 is 0. The van der Waals surface area contributed by atoms with Gasteiger partial charge in [-0.15, -0.1) is 0 Å². The molecule has 3 fully saturated rings. The third-order valence-electron chi connectivity index (χ3n) is 5.81. The molecule has 1 N–H and O–H groups in total. The van der Waals surface area contributed by atoms with E-state index in [1.165, 1.54) is 4.90 Å². The summed E-state index contributed by atoms with van der Waals surface area (Å²) in [5.74, 6) is -2.10. The van der Waals surface area contributed by atoms with E-state index < -0.39 is 12.5 Å². The van der Waals surface area contributed by atoms with Crippen molar-refractivity contribution in [3.8, 4) is 0 Å². The van der Waals surface area contributed by atoms with Crippen LogP contribution in [0.15, 0.2) is 18.5 Å². The maximum absolute atomic E-state index is 13.3. The van der Waals surface area contributed by atoms with E-state index in [2.05, 4.69) is 25.1 Å². The molecule has 0 unspecified atom stereocenters. The number of nitrogens with one attached hydrogen (secondary N) is 1. The number of likely N-dealkylation sites (tertiary alicyclic amines) is 1. The van der Waals surface area contributed by atoms with Crippen LogP contribution in [0.2, 0.25) is 0 Å². The normalized spacial score (nSPS) is 28.7. The maximum Gasteiger partial charge on any atom is 0.267 e. The molecule has 3 saturated heterocycles. The summed E-state index contributed by atoms with van der Waals surface area (Å²) in [6.45, 7) is 4.22. The number of anilines is 1. The number of amides is 1. The molecule has 0 aliphatic carbocycles. The second-order valence-corrected chi connectivity index (χ2v) is 7.69. The van der Waals surface area contributed by atoms with Gasteiger partial charge in [0.25, 0.3) is 5.92 Å². The molecule has 2 atom stereocenters. The zero-order valence-corrected chi connectivity index (χ0v) is 15.4. The Labute approximate surface area is 157 Å². The number of nitrogens with zero attached hydrogens (tertiary/aromatic N) is 5. The summed E-state index contributed by atoms with van der Waals surface area (Å²) in [6, 6.07) is 2.28. The molecule has 0 aromatic carbocycles. The zero-order chi connectivity index (χ0) is 18.9. The Hall–Kier alpha value is -1.87. The fraction of sp³-hybridized carbons (Fsp3) is 0.722. The highest BCUT2D eigenvalue weighted by Gasteiger charge is 2.41. The molecule has 3 aliphatic heterocycles. The first-order chi connectivity index (χ1) is 13.0. The first-order valence-corrected chi connectivity index (χ1v) is 9.65. The number of hydrogen-bond donors (Lipinski definition) is 1. The van der Waals surface area contributed by atoms with Gasteiger partial charge in [-0.25, -0.2) is 18.7 Å². The molecule has 4 heterocycles. The van der Waals surface area contributed by atoms with Crippen LogP contribution in [-0.2, 0) is 4.79 Å². The van der Waals surface area contributed by atoms with Crippen molar-refractivity contribution in [2.45, 2.75) is 37.3 Å². The minimum Gasteiger partial charge on any atom is -0.338 e. The average Bonchev–Trinajstić information content (AvgIpc) is 3.29. The number of piperazine rings is 1. The minimum atomic E-state index is -2.72. The van der Waals surface area contributed by atoms with E-state index in [1.54, 1.807) is 12.4 Å². The third-order valence-corrected chi connectivity index (χ3v) is 5.81. The fourth-order valence-corrected chi connectivity index (χ4v) is 4.26. The van der Waals surface area contributed by atoms with Gasteiger partial charge in [-0.05, 0) is 12.5 Å². The predicted molar refractivity (Wildman–Crippen MR) is 96.8 cm³/mol. The quantitative estimate of drug-likeness (QED) is 0.825. The molecular weight excluding hydrogens is 354 g/mol. The van der Waals surface area contributed by atoms with Crippen LogP contribution in [0.5, 0.6) is 0 Å². The number of halogens is 2. The zero-order valence-electron chi connectivity index (χ0n) is 15.4. The Bertz CT molecular complexity index is 653. The lowest BCUT2D eigenvalue weighted by atomic mass is 10.1. The first-order valence-electron chi connectivity index (χ1n) is 9.65. The highest BCUT2D eigenvalue weighted by molar-refractivity contribution is 5.77. The van der Waals surface area contributed by atoms with Crippen LogP contribution in [0.1, 0.15) is 19.3 Å². The molecule has 0 saturated carbocycles. The summed E-state index contributed by atoms with van der Waals surface area (Å²) < 4.78 is 26.6. The Kier molecular flexibility index (Phi) is 5.23. The number of aromatic nitrogens is 2. The van der Waals surface area contributed by atoms with Gasteiger partial charge in [0.1, 0.15) is 0 Å². The lowest BCUT2D eigenvalue weighted by molar-refractivity contribution is -0.132. The van der Waals surface area contributed by atoms with Crippen molar-refractivity contribution in [2.24, 2.45) is 0 Å². The van der Waals surface area contributed by atoms with Crippen molar-refractivity contribution in [1.82, 2.24) is 25.1 Å². The van der Waals surface area contributed by atoms with Crippen molar-refractivity contribution < 1.29 is 13.6 Å². The number of rotatable bonds is 4. The molecule has 27 heavy (non-hydrogen) atoms. The largest absolute Gasteiger partial charge is 0.338 e. The fourth-order valence-electron chi connectivity index (χ4n) is 4.26. The molecule has 4 rings (SSSR count). The monoisotopic (exact) mass is 380 g/mol. The Morgan fingerprint density at radius 3 is 2.59 bits per heavy atom. The second kappa shape index (κ2) is 7.63. The lowest BCUT2D eigenvalue weighted by Crippen LogP contribution is -2.51. The van der Waals surface area contributed by atoms with Gasteiger partial charge in [-0.1, -0.05) is 0 Å². The van der Waals surface area contributed by atoms with Crippen LogP contribution < -0.4 is 10.2 Å². The van der Waals surface area contributed by atoms with E-state index in [4.69, 9.17) is 0 Å². The van der Waals surface area contributed by atoms with E-state index in [0.717, 1.165) is 45.1 Å². The highest BCUT2D eigenvalue weighted by atomic mass is 19.3. The topological polar surface area (TPSA) is 64.6 Å². The van der Waals surface area contributed by atoms with Crippen LogP contribution in [0.3, 0.4) is 0 Å². The number of carbonyl (C=O) groups is 1. The third kappa shape index (κ3) is 4.35. The van der Waals surface area contributed by atoms with Gasteiger partial charge in [0.2, 0.25) is 11.9 Å². The summed E-state index contributed by atoms with van der Waals surface area (Å²) in [4.78, 5) is 26.8. The van der Waals surface area contributed by atoms with Crippen molar-refractivity contribution >= 4 is 11.9 Å². The SMILES string of the molecule is O=C(C[C@@H]1C[C@H](N2CCN(c3ncccn3)CC2)CN1)N1CCC(F)(F)C1. The molecular formula is C18H26F2N6O. The number of hydrogen-bond acceptors (Lipinski definition) is 6. The van der Waals surface area contributed by atoms with E-state index >= 15 is 0 Å². The van der Waals surface area contributed by atoms with E-state index in [1.807, 2.05) is 6.07 Å². The molecule has 1 amide bonds. The summed E-state index contributed by atoms with van der Waals surface area (Å²) in [5.41, 5.74) is 0. The summed E-state index contributed by atoms with van der Waals surface area (Å²) in [5, 5.41) is 3.41. The number of alkyl halides is 2. The highest BCUT2D eigenvalue weighted by Crippen LogP contribution is 2.28. The van der Waals surface area contributed by atoms with Gasteiger partial charge < -0.3 is 15.1 Å². The van der Waals surface area contributed by atoms with Gasteiger partial charge in [0.05, 0.1) is 6.54 Å². The van der Waals surface area contributed by atoms with E-state index in [-0.39, 0.29) is 24.9 Å². The smallest absolute Gasteiger partial charge is 0.267 e. The molecule has 1 aromatic heterocycles. The molecule has 7 nitrogen and oxygen atoms in total. The van der Waals surface area contributed by atoms with Gasteiger partial charge in [-0.2, -0.15) is 0 Å². The van der Waals surface area contributed by atoms with Gasteiger partial charge in [0.15, 0.2) is 0 Å². The lowest BCUT2D eigenvalue weighted by Gasteiger charge is -2.37. The first kappa shape index (κ1) is 18.5. The molecule has 1 aromatic rings. The van der Waals surface area contributed by atoms with Crippen molar-refractivity contribution in [2.75, 3.05) is 50.7 Å². The average molecular weight is 380 g/mol. The van der Waals surface area contributed by atoms with Crippen LogP contribution in [0.4, 0.5) is 14.7 Å². The summed E-state index contributed by atoms with van der Waals surface area (Å²) in [7, 11) is 0. The van der Waals surface area contributed by atoms with Gasteiger partial charge in [-0.3, -0.25) is 9.69 Å². The van der Waals surface area contributed by atoms with E-state index in [9.17, 15) is 13.6 Å². The molecule has 9 heteroatoms. The Morgan fingerprint density at radius 1 is 1.19 bits per heavy atom. The van der Waals surface area contributed by atoms with Crippen LogP contribution >= 0.6 is 0 Å². The summed E-state index contributed by atoms with van der Waals surface area (Å²) in [6.07, 6.45) is 4.50. The van der Waals surface area contributed by atoms with Crippen LogP contribution in [-0.4, -0.2) is 89.5 Å². The molecule has 3 aliphatic rings. The predicted octanol–water partition coefficient (Wildman–Crippen LogP) is 0.587. The second-order valence-electron chi connectivity index (χ2n) is 7.69. The molecule has 0 bridgehead atoms. The Morgan fingerprint density at radius 2 is 1.93 bits per heavy atom. The van der Waals surface area contributed by atoms with E-state index in [0.29, 0.717) is 12.5 Å². The Balaban J connectivity index is 1.23. The van der Waals surface area contributed by atoms with Crippen LogP contribution in [0.25, 0.3) is 0 Å². The molecule has 0 spiro atoms. The molecule has 0 radical (unpaired) electrons. The standard InChI is InChI=1S/C18H26F2N6O/c19-18(20)2-5-26(13-18)16(27)11-14-10-15(12-23-14)24-6-8-25(9-7-24)17-21-3-1-4-22-17/h1,3-4,14-15,23H,2,5-13H2/t14-,15-/m0/s1. The van der Waals surface area contributed by atoms with Gasteiger partial charge >= 0.3 is 0 Å². The van der Waals surface area contributed by atoms with Crippen LogP contribution in [0, 0.1) is 0 Å². The number of carbonyl (C=O) groups excluding carboxylic acids is 1. The maximum atomic E-state index is 13.3. The van der Waals surface area contributed by atoms with Crippen molar-refractivity contribution in [1.29, 1.82) is 0 Å².